The van der Waals surface area contributed by atoms with Gasteiger partial charge in [-0.05, 0) is 68.4 Å². The highest BCUT2D eigenvalue weighted by atomic mass is 16.7. The number of Topliss-reactive ketones (excluding diaryl/α,β-unsaturated/α-hetero) is 1. The van der Waals surface area contributed by atoms with Crippen molar-refractivity contribution in [2.45, 2.75) is 59.0 Å². The first kappa shape index (κ1) is 17.6. The van der Waals surface area contributed by atoms with Gasteiger partial charge in [0.25, 0.3) is 0 Å². The molecule has 4 rings (SSSR count). The van der Waals surface area contributed by atoms with E-state index in [1.165, 1.54) is 0 Å². The quantitative estimate of drug-likeness (QED) is 0.561. The standard InChI is InChI=1S/C21H27NO4/c1-12(23)16-6-7-17-15-5-4-13-10-14(24)8-9-20(13,2)19(15)18(26-22-25)11-21(16,17)3/h8-10,15-19H,4-7,11H2,1-3H3/t15-,16+,17-,18-,19+,20-,21+/m0/s1. The van der Waals surface area contributed by atoms with Crippen LogP contribution >= 0.6 is 0 Å². The van der Waals surface area contributed by atoms with Gasteiger partial charge in [-0.25, -0.2) is 0 Å². The van der Waals surface area contributed by atoms with E-state index in [1.807, 2.05) is 6.08 Å². The fourth-order valence-corrected chi connectivity index (χ4v) is 7.11. The zero-order valence-electron chi connectivity index (χ0n) is 15.7. The molecule has 0 aliphatic heterocycles. The number of allylic oxidation sites excluding steroid dienone is 4. The molecule has 5 nitrogen and oxygen atoms in total. The molecule has 0 amide bonds. The first-order valence-corrected chi connectivity index (χ1v) is 9.74. The van der Waals surface area contributed by atoms with Gasteiger partial charge in [-0.2, -0.15) is 0 Å². The maximum absolute atomic E-state index is 12.3. The molecule has 0 heterocycles. The number of rotatable bonds is 3. The van der Waals surface area contributed by atoms with E-state index in [-0.39, 0.29) is 40.3 Å². The Morgan fingerprint density at radius 3 is 2.73 bits per heavy atom. The molecule has 0 aromatic carbocycles. The first-order valence-electron chi connectivity index (χ1n) is 9.74. The van der Waals surface area contributed by atoms with Crippen LogP contribution in [0, 0.1) is 39.4 Å². The van der Waals surface area contributed by atoms with Crippen LogP contribution in [0.25, 0.3) is 0 Å². The van der Waals surface area contributed by atoms with Crippen molar-refractivity contribution in [3.05, 3.63) is 28.7 Å². The molecule has 4 aliphatic rings. The molecule has 4 aliphatic carbocycles. The summed E-state index contributed by atoms with van der Waals surface area (Å²) in [7, 11) is 0. The normalized spacial score (nSPS) is 46.7. The molecule has 140 valence electrons. The second kappa shape index (κ2) is 5.86. The third-order valence-electron chi connectivity index (χ3n) is 8.14. The van der Waals surface area contributed by atoms with Crippen LogP contribution in [0.15, 0.2) is 29.1 Å². The molecule has 7 atom stereocenters. The van der Waals surface area contributed by atoms with Crippen molar-refractivity contribution in [1.29, 1.82) is 0 Å². The average Bonchev–Trinajstić information content (AvgIpc) is 2.92. The Labute approximate surface area is 154 Å². The molecule has 0 unspecified atom stereocenters. The topological polar surface area (TPSA) is 72.8 Å². The van der Waals surface area contributed by atoms with Crippen molar-refractivity contribution >= 4 is 11.6 Å². The smallest absolute Gasteiger partial charge is 0.178 e. The summed E-state index contributed by atoms with van der Waals surface area (Å²) >= 11 is 0. The minimum atomic E-state index is -0.315. The lowest BCUT2D eigenvalue weighted by molar-refractivity contribution is -0.150. The number of carbonyl (C=O) groups excluding carboxylic acids is 2. The first-order chi connectivity index (χ1) is 12.3. The van der Waals surface area contributed by atoms with E-state index < -0.39 is 0 Å². The van der Waals surface area contributed by atoms with Gasteiger partial charge in [-0.3, -0.25) is 9.59 Å². The summed E-state index contributed by atoms with van der Waals surface area (Å²) in [5, 5.41) is 2.80. The Hall–Kier alpha value is -1.78. The van der Waals surface area contributed by atoms with E-state index in [1.54, 1.807) is 19.1 Å². The van der Waals surface area contributed by atoms with Crippen LogP contribution < -0.4 is 0 Å². The summed E-state index contributed by atoms with van der Waals surface area (Å²) in [4.78, 5) is 40.6. The van der Waals surface area contributed by atoms with Gasteiger partial charge in [0.2, 0.25) is 0 Å². The molecule has 0 saturated heterocycles. The molecule has 0 aromatic rings. The number of ketones is 2. The zero-order valence-corrected chi connectivity index (χ0v) is 15.7. The summed E-state index contributed by atoms with van der Waals surface area (Å²) in [5.41, 5.74) is 0.742. The molecule has 3 saturated carbocycles. The Morgan fingerprint density at radius 2 is 2.04 bits per heavy atom. The second-order valence-electron chi connectivity index (χ2n) is 9.19. The predicted molar refractivity (Wildman–Crippen MR) is 96.8 cm³/mol. The van der Waals surface area contributed by atoms with Crippen molar-refractivity contribution in [1.82, 2.24) is 0 Å². The highest BCUT2D eigenvalue weighted by molar-refractivity contribution is 6.01. The average molecular weight is 357 g/mol. The Morgan fingerprint density at radius 1 is 1.27 bits per heavy atom. The minimum absolute atomic E-state index is 0.0411. The van der Waals surface area contributed by atoms with Crippen molar-refractivity contribution in [2.75, 3.05) is 0 Å². The van der Waals surface area contributed by atoms with E-state index in [4.69, 9.17) is 4.84 Å². The van der Waals surface area contributed by atoms with Gasteiger partial charge < -0.3 is 4.84 Å². The molecule has 5 heteroatoms. The maximum Gasteiger partial charge on any atom is 0.178 e. The molecular formula is C21H27NO4. The number of carbonyl (C=O) groups is 2. The Kier molecular flexibility index (Phi) is 3.97. The SMILES string of the molecule is CC(=O)[C@H]1CC[C@H]2[C@@H]3CCC4=CC(=O)C=C[C@]4(C)[C@H]3[C@@H](ON=O)C[C@]12C. The lowest BCUT2D eigenvalue weighted by Gasteiger charge is -2.58. The van der Waals surface area contributed by atoms with Gasteiger partial charge in [-0.1, -0.05) is 25.5 Å². The van der Waals surface area contributed by atoms with Gasteiger partial charge in [0.05, 0.1) is 0 Å². The Bertz CT molecular complexity index is 726. The molecule has 0 N–H and O–H groups in total. The molecule has 0 bridgehead atoms. The highest BCUT2D eigenvalue weighted by Crippen LogP contribution is 2.66. The molecule has 3 fully saturated rings. The van der Waals surface area contributed by atoms with E-state index >= 15 is 0 Å². The fraction of sp³-hybridized carbons (Fsp3) is 0.714. The van der Waals surface area contributed by atoms with Gasteiger partial charge in [0, 0.05) is 17.3 Å². The summed E-state index contributed by atoms with van der Waals surface area (Å²) in [6, 6.07) is 0. The highest BCUT2D eigenvalue weighted by Gasteiger charge is 2.63. The van der Waals surface area contributed by atoms with Crippen LogP contribution in [-0.2, 0) is 14.4 Å². The summed E-state index contributed by atoms with van der Waals surface area (Å²) in [6.07, 6.45) is 9.66. The van der Waals surface area contributed by atoms with E-state index in [0.29, 0.717) is 18.3 Å². The molecule has 0 spiro atoms. The fourth-order valence-electron chi connectivity index (χ4n) is 7.11. The number of hydrogen-bond acceptors (Lipinski definition) is 5. The number of nitrogens with zero attached hydrogens (tertiary/aromatic N) is 1. The van der Waals surface area contributed by atoms with Crippen LogP contribution in [0.2, 0.25) is 0 Å². The van der Waals surface area contributed by atoms with Gasteiger partial charge in [0.15, 0.2) is 11.1 Å². The largest absolute Gasteiger partial charge is 0.360 e. The van der Waals surface area contributed by atoms with E-state index in [9.17, 15) is 14.5 Å². The lowest BCUT2D eigenvalue weighted by atomic mass is 9.46. The summed E-state index contributed by atoms with van der Waals surface area (Å²) < 4.78 is 0. The number of hydrogen-bond donors (Lipinski definition) is 0. The van der Waals surface area contributed by atoms with Crippen molar-refractivity contribution in [3.63, 3.8) is 0 Å². The van der Waals surface area contributed by atoms with Crippen molar-refractivity contribution in [2.24, 2.45) is 39.8 Å². The molecule has 0 radical (unpaired) electrons. The molecule has 26 heavy (non-hydrogen) atoms. The summed E-state index contributed by atoms with van der Waals surface area (Å²) in [6.45, 7) is 6.07. The second-order valence-corrected chi connectivity index (χ2v) is 9.19. The van der Waals surface area contributed by atoms with Crippen molar-refractivity contribution in [3.8, 4) is 0 Å². The van der Waals surface area contributed by atoms with E-state index in [0.717, 1.165) is 31.3 Å². The molecule has 0 aromatic heterocycles. The van der Waals surface area contributed by atoms with Crippen LogP contribution in [-0.4, -0.2) is 17.7 Å². The third kappa shape index (κ3) is 2.28. The van der Waals surface area contributed by atoms with Crippen molar-refractivity contribution < 1.29 is 14.4 Å². The van der Waals surface area contributed by atoms with Crippen LogP contribution in [0.5, 0.6) is 0 Å². The van der Waals surface area contributed by atoms with Gasteiger partial charge >= 0.3 is 0 Å². The monoisotopic (exact) mass is 357 g/mol. The van der Waals surface area contributed by atoms with Gasteiger partial charge in [-0.15, -0.1) is 4.91 Å². The molecular weight excluding hydrogens is 330 g/mol. The lowest BCUT2D eigenvalue weighted by Crippen LogP contribution is -2.56. The van der Waals surface area contributed by atoms with Gasteiger partial charge in [0.1, 0.15) is 11.9 Å². The van der Waals surface area contributed by atoms with Crippen LogP contribution in [0.3, 0.4) is 0 Å². The third-order valence-corrected chi connectivity index (χ3v) is 8.14. The number of fused-ring (bicyclic) bond motifs is 5. The van der Waals surface area contributed by atoms with E-state index in [2.05, 4.69) is 19.2 Å². The van der Waals surface area contributed by atoms with Crippen LogP contribution in [0.1, 0.15) is 52.9 Å². The Balaban J connectivity index is 1.77. The minimum Gasteiger partial charge on any atom is -0.360 e. The predicted octanol–water partition coefficient (Wildman–Crippen LogP) is 4.18. The van der Waals surface area contributed by atoms with Crippen LogP contribution in [0.4, 0.5) is 0 Å². The zero-order chi connectivity index (χ0) is 18.7. The summed E-state index contributed by atoms with van der Waals surface area (Å²) in [5.74, 6) is 1.28. The maximum atomic E-state index is 12.3.